The molecule has 4 heteroatoms. The van der Waals surface area contributed by atoms with E-state index in [9.17, 15) is 15.0 Å². The van der Waals surface area contributed by atoms with E-state index in [2.05, 4.69) is 5.32 Å². The van der Waals surface area contributed by atoms with Gasteiger partial charge in [-0.05, 0) is 50.9 Å². The van der Waals surface area contributed by atoms with E-state index < -0.39 is 5.60 Å². The Morgan fingerprint density at radius 3 is 2.59 bits per heavy atom. The molecule has 0 saturated heterocycles. The lowest BCUT2D eigenvalue weighted by molar-refractivity contribution is -0.139. The number of hydrogen-bond acceptors (Lipinski definition) is 3. The number of nitrogens with one attached hydrogen (secondary N) is 1. The van der Waals surface area contributed by atoms with Gasteiger partial charge in [0.05, 0.1) is 6.10 Å². The van der Waals surface area contributed by atoms with Crippen molar-refractivity contribution in [3.05, 3.63) is 0 Å². The Kier molecular flexibility index (Phi) is 4.05. The standard InChI is InChI=1S/C13H23NO3/c15-11-5-3-4-10(8-11)9-14-12(16)13(17)6-1-2-7-13/h10-11,15,17H,1-9H2,(H,14,16). The summed E-state index contributed by atoms with van der Waals surface area (Å²) in [7, 11) is 0. The van der Waals surface area contributed by atoms with Crippen molar-refractivity contribution >= 4 is 5.91 Å². The largest absolute Gasteiger partial charge is 0.393 e. The highest BCUT2D eigenvalue weighted by atomic mass is 16.3. The van der Waals surface area contributed by atoms with E-state index in [1.54, 1.807) is 0 Å². The molecule has 2 aliphatic rings. The zero-order chi connectivity index (χ0) is 12.3. The molecule has 17 heavy (non-hydrogen) atoms. The van der Waals surface area contributed by atoms with Gasteiger partial charge in [-0.15, -0.1) is 0 Å². The van der Waals surface area contributed by atoms with Gasteiger partial charge in [-0.25, -0.2) is 0 Å². The second kappa shape index (κ2) is 5.36. The summed E-state index contributed by atoms with van der Waals surface area (Å²) in [5.74, 6) is 0.155. The van der Waals surface area contributed by atoms with Crippen LogP contribution >= 0.6 is 0 Å². The first-order valence-corrected chi connectivity index (χ1v) is 6.79. The predicted octanol–water partition coefficient (Wildman–Crippen LogP) is 0.959. The molecule has 3 N–H and O–H groups in total. The Hall–Kier alpha value is -0.610. The Bertz CT molecular complexity index is 274. The van der Waals surface area contributed by atoms with E-state index in [-0.39, 0.29) is 12.0 Å². The quantitative estimate of drug-likeness (QED) is 0.689. The summed E-state index contributed by atoms with van der Waals surface area (Å²) in [5, 5.41) is 22.5. The van der Waals surface area contributed by atoms with Crippen molar-refractivity contribution in [3.63, 3.8) is 0 Å². The van der Waals surface area contributed by atoms with Gasteiger partial charge in [-0.2, -0.15) is 0 Å². The van der Waals surface area contributed by atoms with E-state index in [4.69, 9.17) is 0 Å². The highest BCUT2D eigenvalue weighted by Crippen LogP contribution is 2.30. The van der Waals surface area contributed by atoms with E-state index in [1.807, 2.05) is 0 Å². The van der Waals surface area contributed by atoms with Crippen molar-refractivity contribution in [2.45, 2.75) is 63.1 Å². The van der Waals surface area contributed by atoms with Gasteiger partial charge in [0, 0.05) is 6.54 Å². The minimum absolute atomic E-state index is 0.208. The smallest absolute Gasteiger partial charge is 0.251 e. The summed E-state index contributed by atoms with van der Waals surface area (Å²) in [4.78, 5) is 11.9. The Morgan fingerprint density at radius 1 is 1.24 bits per heavy atom. The second-order valence-electron chi connectivity index (χ2n) is 5.64. The monoisotopic (exact) mass is 241 g/mol. The molecular formula is C13H23NO3. The topological polar surface area (TPSA) is 69.6 Å². The number of carbonyl (C=O) groups excluding carboxylic acids is 1. The lowest BCUT2D eigenvalue weighted by Crippen LogP contribution is -2.46. The maximum absolute atomic E-state index is 11.9. The molecule has 0 radical (unpaired) electrons. The van der Waals surface area contributed by atoms with Crippen molar-refractivity contribution in [2.75, 3.05) is 6.54 Å². The van der Waals surface area contributed by atoms with Crippen LogP contribution in [0.3, 0.4) is 0 Å². The van der Waals surface area contributed by atoms with Crippen LogP contribution in [0.25, 0.3) is 0 Å². The lowest BCUT2D eigenvalue weighted by Gasteiger charge is -2.28. The van der Waals surface area contributed by atoms with Crippen LogP contribution in [0.2, 0.25) is 0 Å². The third-order valence-electron chi connectivity index (χ3n) is 4.16. The molecule has 0 spiro atoms. The van der Waals surface area contributed by atoms with Crippen molar-refractivity contribution in [1.82, 2.24) is 5.32 Å². The fourth-order valence-electron chi connectivity index (χ4n) is 3.04. The van der Waals surface area contributed by atoms with Crippen molar-refractivity contribution in [3.8, 4) is 0 Å². The summed E-state index contributed by atoms with van der Waals surface area (Å²) < 4.78 is 0. The fraction of sp³-hybridized carbons (Fsp3) is 0.923. The van der Waals surface area contributed by atoms with Crippen LogP contribution in [0.4, 0.5) is 0 Å². The molecule has 1 amide bonds. The molecule has 2 rings (SSSR count). The van der Waals surface area contributed by atoms with Gasteiger partial charge in [-0.3, -0.25) is 4.79 Å². The third-order valence-corrected chi connectivity index (χ3v) is 4.16. The number of hydrogen-bond donors (Lipinski definition) is 3. The van der Waals surface area contributed by atoms with E-state index in [0.717, 1.165) is 38.5 Å². The fourth-order valence-corrected chi connectivity index (χ4v) is 3.04. The Balaban J connectivity index is 1.75. The number of aliphatic hydroxyl groups excluding tert-OH is 1. The van der Waals surface area contributed by atoms with Crippen molar-refractivity contribution in [1.29, 1.82) is 0 Å². The molecule has 0 aromatic carbocycles. The van der Waals surface area contributed by atoms with Gasteiger partial charge < -0.3 is 15.5 Å². The average Bonchev–Trinajstić information content (AvgIpc) is 2.74. The molecular weight excluding hydrogens is 218 g/mol. The lowest BCUT2D eigenvalue weighted by atomic mass is 9.87. The van der Waals surface area contributed by atoms with Crippen molar-refractivity contribution < 1.29 is 15.0 Å². The Labute approximate surface area is 102 Å². The molecule has 2 fully saturated rings. The zero-order valence-electron chi connectivity index (χ0n) is 10.3. The minimum Gasteiger partial charge on any atom is -0.393 e. The van der Waals surface area contributed by atoms with Crippen LogP contribution in [-0.2, 0) is 4.79 Å². The summed E-state index contributed by atoms with van der Waals surface area (Å²) in [6.07, 6.45) is 6.60. The molecule has 4 nitrogen and oxygen atoms in total. The zero-order valence-corrected chi connectivity index (χ0v) is 10.3. The maximum atomic E-state index is 11.9. The molecule has 2 aliphatic carbocycles. The van der Waals surface area contributed by atoms with Crippen LogP contribution < -0.4 is 5.32 Å². The minimum atomic E-state index is -1.12. The molecule has 0 aliphatic heterocycles. The van der Waals surface area contributed by atoms with Crippen LogP contribution in [0.5, 0.6) is 0 Å². The van der Waals surface area contributed by atoms with Gasteiger partial charge in [0.2, 0.25) is 0 Å². The first kappa shape index (κ1) is 12.8. The predicted molar refractivity (Wildman–Crippen MR) is 64.4 cm³/mol. The first-order chi connectivity index (χ1) is 8.10. The summed E-state index contributed by atoms with van der Waals surface area (Å²) in [6, 6.07) is 0. The number of carbonyl (C=O) groups is 1. The molecule has 0 heterocycles. The second-order valence-corrected chi connectivity index (χ2v) is 5.64. The average molecular weight is 241 g/mol. The van der Waals surface area contributed by atoms with E-state index in [0.29, 0.717) is 25.3 Å². The summed E-state index contributed by atoms with van der Waals surface area (Å²) in [6.45, 7) is 0.595. The van der Waals surface area contributed by atoms with Gasteiger partial charge in [-0.1, -0.05) is 6.42 Å². The van der Waals surface area contributed by atoms with Crippen LogP contribution in [-0.4, -0.2) is 34.4 Å². The summed E-state index contributed by atoms with van der Waals surface area (Å²) in [5.41, 5.74) is -1.12. The van der Waals surface area contributed by atoms with Gasteiger partial charge in [0.15, 0.2) is 0 Å². The number of rotatable bonds is 3. The molecule has 2 saturated carbocycles. The van der Waals surface area contributed by atoms with Crippen LogP contribution in [0.1, 0.15) is 51.4 Å². The highest BCUT2D eigenvalue weighted by molar-refractivity contribution is 5.85. The van der Waals surface area contributed by atoms with E-state index >= 15 is 0 Å². The normalized spacial score (nSPS) is 32.4. The van der Waals surface area contributed by atoms with E-state index in [1.165, 1.54) is 0 Å². The van der Waals surface area contributed by atoms with Gasteiger partial charge in [0.25, 0.3) is 5.91 Å². The first-order valence-electron chi connectivity index (χ1n) is 6.79. The van der Waals surface area contributed by atoms with Crippen LogP contribution in [0, 0.1) is 5.92 Å². The molecule has 2 unspecified atom stereocenters. The van der Waals surface area contributed by atoms with Crippen molar-refractivity contribution in [2.24, 2.45) is 5.92 Å². The maximum Gasteiger partial charge on any atom is 0.251 e. The van der Waals surface area contributed by atoms with Gasteiger partial charge >= 0.3 is 0 Å². The number of amides is 1. The molecule has 0 aromatic rings. The number of aliphatic hydroxyl groups is 2. The highest BCUT2D eigenvalue weighted by Gasteiger charge is 2.38. The SMILES string of the molecule is O=C(NCC1CCCC(O)C1)C1(O)CCCC1. The summed E-state index contributed by atoms with van der Waals surface area (Å²) >= 11 is 0. The Morgan fingerprint density at radius 2 is 1.94 bits per heavy atom. The molecule has 0 aromatic heterocycles. The van der Waals surface area contributed by atoms with Crippen LogP contribution in [0.15, 0.2) is 0 Å². The molecule has 2 atom stereocenters. The molecule has 98 valence electrons. The molecule has 0 bridgehead atoms. The van der Waals surface area contributed by atoms with Gasteiger partial charge in [0.1, 0.15) is 5.60 Å². The third kappa shape index (κ3) is 3.19.